The summed E-state index contributed by atoms with van der Waals surface area (Å²) in [6.07, 6.45) is 3.57. The van der Waals surface area contributed by atoms with Crippen molar-refractivity contribution < 1.29 is 13.9 Å². The summed E-state index contributed by atoms with van der Waals surface area (Å²) < 4.78 is 24.1. The highest BCUT2D eigenvalue weighted by Crippen LogP contribution is 2.35. The molecule has 0 saturated carbocycles. The van der Waals surface area contributed by atoms with Crippen molar-refractivity contribution >= 4 is 29.0 Å². The van der Waals surface area contributed by atoms with Crippen LogP contribution in [0.15, 0.2) is 72.9 Å². The molecule has 2 heterocycles. The van der Waals surface area contributed by atoms with Gasteiger partial charge in [0.15, 0.2) is 11.5 Å². The van der Waals surface area contributed by atoms with E-state index in [9.17, 15) is 4.39 Å². The second kappa shape index (κ2) is 11.2. The lowest BCUT2D eigenvalue weighted by molar-refractivity contribution is 0.173. The van der Waals surface area contributed by atoms with Crippen LogP contribution in [-0.4, -0.2) is 24.9 Å². The van der Waals surface area contributed by atoms with Gasteiger partial charge in [0.2, 0.25) is 6.79 Å². The third-order valence-corrected chi connectivity index (χ3v) is 5.77. The van der Waals surface area contributed by atoms with E-state index in [0.29, 0.717) is 6.79 Å². The Hall–Kier alpha value is -3.35. The zero-order valence-corrected chi connectivity index (χ0v) is 19.5. The van der Waals surface area contributed by atoms with Gasteiger partial charge in [0.05, 0.1) is 5.52 Å². The maximum absolute atomic E-state index is 13.1. The molecule has 5 nitrogen and oxygen atoms in total. The second-order valence-corrected chi connectivity index (χ2v) is 8.12. The van der Waals surface area contributed by atoms with E-state index in [4.69, 9.17) is 9.47 Å². The van der Waals surface area contributed by atoms with Crippen LogP contribution in [0.25, 0.3) is 10.9 Å². The number of nitrogens with one attached hydrogen (secondary N) is 2. The lowest BCUT2D eigenvalue weighted by Crippen LogP contribution is -2.18. The first-order chi connectivity index (χ1) is 16.3. The van der Waals surface area contributed by atoms with Gasteiger partial charge >= 0.3 is 0 Å². The Morgan fingerprint density at radius 3 is 2.65 bits per heavy atom. The number of pyridine rings is 1. The predicted molar refractivity (Wildman–Crippen MR) is 136 cm³/mol. The molecule has 0 saturated heterocycles. The molecule has 7 heteroatoms. The van der Waals surface area contributed by atoms with E-state index in [1.54, 1.807) is 0 Å². The monoisotopic (exact) mass is 479 g/mol. The Balaban J connectivity index is 0.00000274. The molecule has 3 aromatic carbocycles. The number of benzene rings is 3. The zero-order valence-electron chi connectivity index (χ0n) is 18.7. The summed E-state index contributed by atoms with van der Waals surface area (Å²) in [5.41, 5.74) is 5.40. The lowest BCUT2D eigenvalue weighted by Gasteiger charge is -2.11. The van der Waals surface area contributed by atoms with Gasteiger partial charge in [0.25, 0.3) is 0 Å². The van der Waals surface area contributed by atoms with Crippen LogP contribution in [0.5, 0.6) is 11.5 Å². The number of halogens is 2. The van der Waals surface area contributed by atoms with Crippen molar-refractivity contribution in [3.63, 3.8) is 0 Å². The first kappa shape index (κ1) is 23.8. The summed E-state index contributed by atoms with van der Waals surface area (Å²) in [5, 5.41) is 8.12. The molecule has 0 amide bonds. The largest absolute Gasteiger partial charge is 0.454 e. The van der Waals surface area contributed by atoms with Gasteiger partial charge in [0.1, 0.15) is 5.82 Å². The van der Waals surface area contributed by atoms with Crippen LogP contribution in [0.2, 0.25) is 0 Å². The van der Waals surface area contributed by atoms with Gasteiger partial charge in [-0.05, 0) is 60.8 Å². The minimum absolute atomic E-state index is 0. The highest BCUT2D eigenvalue weighted by atomic mass is 35.5. The molecule has 2 N–H and O–H groups in total. The average molecular weight is 480 g/mol. The minimum Gasteiger partial charge on any atom is -0.454 e. The molecule has 34 heavy (non-hydrogen) atoms. The molecule has 176 valence electrons. The average Bonchev–Trinajstić information content (AvgIpc) is 3.32. The molecule has 0 fully saturated rings. The molecule has 0 bridgehead atoms. The summed E-state index contributed by atoms with van der Waals surface area (Å²) in [7, 11) is 0. The third kappa shape index (κ3) is 5.58. The van der Waals surface area contributed by atoms with E-state index in [1.807, 2.05) is 36.5 Å². The number of para-hydroxylation sites is 1. The van der Waals surface area contributed by atoms with Gasteiger partial charge in [0, 0.05) is 35.9 Å². The number of fused-ring (bicyclic) bond motifs is 2. The van der Waals surface area contributed by atoms with E-state index in [2.05, 4.69) is 39.9 Å². The van der Waals surface area contributed by atoms with Gasteiger partial charge in [-0.2, -0.15) is 0 Å². The molecule has 4 aromatic rings. The predicted octanol–water partition coefficient (Wildman–Crippen LogP) is 5.71. The van der Waals surface area contributed by atoms with Crippen molar-refractivity contribution in [3.05, 3.63) is 95.4 Å². The van der Waals surface area contributed by atoms with Crippen LogP contribution < -0.4 is 20.1 Å². The van der Waals surface area contributed by atoms with Crippen molar-refractivity contribution in [2.75, 3.05) is 25.2 Å². The summed E-state index contributed by atoms with van der Waals surface area (Å²) in [5.74, 6) is 1.46. The highest BCUT2D eigenvalue weighted by Gasteiger charge is 2.16. The Morgan fingerprint density at radius 2 is 1.76 bits per heavy atom. The Bertz CT molecular complexity index is 1250. The van der Waals surface area contributed by atoms with Crippen LogP contribution in [0, 0.1) is 5.82 Å². The standard InChI is InChI=1S/C27H26FN3O2.ClH/c28-22-8-5-19(6-9-22)15-20-7-10-23-24(11-14-31-25(23)16-20)30-13-2-12-29-17-21-3-1-4-26-27(21)33-18-32-26;/h1,3-11,14,16,29H,2,12-13,15,17-18H2,(H,30,31);1H. The van der Waals surface area contributed by atoms with Gasteiger partial charge in [-0.3, -0.25) is 4.98 Å². The van der Waals surface area contributed by atoms with Crippen molar-refractivity contribution in [2.45, 2.75) is 19.4 Å². The number of aromatic nitrogens is 1. The normalized spacial score (nSPS) is 11.9. The summed E-state index contributed by atoms with van der Waals surface area (Å²) in [6, 6.07) is 21.0. The molecule has 1 aliphatic rings. The quantitative estimate of drug-likeness (QED) is 0.301. The van der Waals surface area contributed by atoms with Gasteiger partial charge in [-0.15, -0.1) is 12.4 Å². The van der Waals surface area contributed by atoms with Gasteiger partial charge < -0.3 is 20.1 Å². The smallest absolute Gasteiger partial charge is 0.231 e. The highest BCUT2D eigenvalue weighted by molar-refractivity contribution is 5.91. The summed E-state index contributed by atoms with van der Waals surface area (Å²) >= 11 is 0. The van der Waals surface area contributed by atoms with E-state index in [-0.39, 0.29) is 18.2 Å². The fraction of sp³-hybridized carbons (Fsp3) is 0.222. The lowest BCUT2D eigenvalue weighted by atomic mass is 10.0. The molecule has 1 aromatic heterocycles. The van der Waals surface area contributed by atoms with Gasteiger partial charge in [-0.1, -0.05) is 36.4 Å². The molecule has 0 aliphatic carbocycles. The molecular weight excluding hydrogens is 453 g/mol. The third-order valence-electron chi connectivity index (χ3n) is 5.77. The van der Waals surface area contributed by atoms with Crippen molar-refractivity contribution in [1.82, 2.24) is 10.3 Å². The number of anilines is 1. The maximum atomic E-state index is 13.1. The zero-order chi connectivity index (χ0) is 22.5. The molecule has 0 unspecified atom stereocenters. The van der Waals surface area contributed by atoms with Crippen molar-refractivity contribution in [3.8, 4) is 11.5 Å². The van der Waals surface area contributed by atoms with E-state index >= 15 is 0 Å². The summed E-state index contributed by atoms with van der Waals surface area (Å²) in [4.78, 5) is 4.54. The molecule has 0 radical (unpaired) electrons. The van der Waals surface area contributed by atoms with Crippen LogP contribution in [0.3, 0.4) is 0 Å². The fourth-order valence-corrected chi connectivity index (χ4v) is 4.09. The van der Waals surface area contributed by atoms with E-state index < -0.39 is 0 Å². The Morgan fingerprint density at radius 1 is 0.912 bits per heavy atom. The second-order valence-electron chi connectivity index (χ2n) is 8.12. The van der Waals surface area contributed by atoms with Crippen LogP contribution >= 0.6 is 12.4 Å². The first-order valence-electron chi connectivity index (χ1n) is 11.2. The van der Waals surface area contributed by atoms with Crippen LogP contribution in [0.1, 0.15) is 23.1 Å². The molecule has 5 rings (SSSR count). The number of nitrogens with zero attached hydrogens (tertiary/aromatic N) is 1. The maximum Gasteiger partial charge on any atom is 0.231 e. The Kier molecular flexibility index (Phi) is 7.83. The molecule has 0 spiro atoms. The minimum atomic E-state index is -0.211. The SMILES string of the molecule is Cl.Fc1ccc(Cc2ccc3c(NCCCNCc4cccc5c4OCO5)ccnc3c2)cc1. The van der Waals surface area contributed by atoms with Crippen molar-refractivity contribution in [1.29, 1.82) is 0 Å². The Labute approximate surface area is 204 Å². The number of hydrogen-bond donors (Lipinski definition) is 2. The van der Waals surface area contributed by atoms with Crippen molar-refractivity contribution in [2.24, 2.45) is 0 Å². The van der Waals surface area contributed by atoms with E-state index in [0.717, 1.165) is 77.3 Å². The number of hydrogen-bond acceptors (Lipinski definition) is 5. The molecular formula is C27H27ClFN3O2. The fourth-order valence-electron chi connectivity index (χ4n) is 4.09. The topological polar surface area (TPSA) is 55.4 Å². The number of rotatable bonds is 9. The summed E-state index contributed by atoms with van der Waals surface area (Å²) in [6.45, 7) is 2.80. The first-order valence-corrected chi connectivity index (χ1v) is 11.2. The van der Waals surface area contributed by atoms with Crippen LogP contribution in [0.4, 0.5) is 10.1 Å². The van der Waals surface area contributed by atoms with Crippen LogP contribution in [-0.2, 0) is 13.0 Å². The van der Waals surface area contributed by atoms with Gasteiger partial charge in [-0.25, -0.2) is 4.39 Å². The molecule has 1 aliphatic heterocycles. The van der Waals surface area contributed by atoms with E-state index in [1.165, 1.54) is 12.1 Å². The number of ether oxygens (including phenoxy) is 2. The molecule has 0 atom stereocenters.